The first kappa shape index (κ1) is 12.3. The molecule has 2 aromatic rings. The van der Waals surface area contributed by atoms with Crippen LogP contribution in [0.25, 0.3) is 5.57 Å². The largest absolute Gasteiger partial charge is 0.330 e. The second-order valence-corrected chi connectivity index (χ2v) is 4.25. The van der Waals surface area contributed by atoms with E-state index in [1.54, 1.807) is 12.3 Å². The van der Waals surface area contributed by atoms with E-state index in [-0.39, 0.29) is 6.04 Å². The van der Waals surface area contributed by atoms with Crippen molar-refractivity contribution in [3.8, 4) is 0 Å². The maximum absolute atomic E-state index is 4.48. The van der Waals surface area contributed by atoms with Crippen molar-refractivity contribution in [1.82, 2.24) is 14.5 Å². The molecule has 2 aromatic heterocycles. The minimum atomic E-state index is 0.248. The fourth-order valence-electron chi connectivity index (χ4n) is 1.82. The summed E-state index contributed by atoms with van der Waals surface area (Å²) < 4.78 is 2.06. The standard InChI is InChI=1S/C15H17N3/c1-4-5-12(2)15-7-6-14(10-17-15)13(3)18-9-8-16-11-18/h4-11,13H,1H2,2-3H3. The van der Waals surface area contributed by atoms with Crippen molar-refractivity contribution in [2.45, 2.75) is 19.9 Å². The van der Waals surface area contributed by atoms with Gasteiger partial charge in [-0.15, -0.1) is 0 Å². The highest BCUT2D eigenvalue weighted by Crippen LogP contribution is 2.18. The number of nitrogens with zero attached hydrogens (tertiary/aromatic N) is 3. The Hall–Kier alpha value is -2.16. The zero-order chi connectivity index (χ0) is 13.0. The molecule has 0 bridgehead atoms. The molecule has 0 saturated carbocycles. The van der Waals surface area contributed by atoms with Crippen molar-refractivity contribution in [1.29, 1.82) is 0 Å². The number of aromatic nitrogens is 3. The van der Waals surface area contributed by atoms with Gasteiger partial charge in [-0.1, -0.05) is 24.8 Å². The summed E-state index contributed by atoms with van der Waals surface area (Å²) in [5.74, 6) is 0. The van der Waals surface area contributed by atoms with Gasteiger partial charge < -0.3 is 4.57 Å². The van der Waals surface area contributed by atoms with E-state index in [0.717, 1.165) is 11.3 Å². The molecule has 0 spiro atoms. The minimum Gasteiger partial charge on any atom is -0.330 e. The molecule has 0 radical (unpaired) electrons. The molecular formula is C15H17N3. The highest BCUT2D eigenvalue weighted by atomic mass is 15.0. The summed E-state index contributed by atoms with van der Waals surface area (Å²) in [7, 11) is 0. The second-order valence-electron chi connectivity index (χ2n) is 4.25. The molecule has 0 aromatic carbocycles. The summed E-state index contributed by atoms with van der Waals surface area (Å²) in [6, 6.07) is 4.39. The van der Waals surface area contributed by atoms with Crippen molar-refractivity contribution < 1.29 is 0 Å². The van der Waals surface area contributed by atoms with Crippen LogP contribution in [0.15, 0.2) is 55.8 Å². The predicted octanol–water partition coefficient (Wildman–Crippen LogP) is 3.48. The molecule has 2 rings (SSSR count). The number of hydrogen-bond acceptors (Lipinski definition) is 2. The third kappa shape index (κ3) is 2.56. The quantitative estimate of drug-likeness (QED) is 0.765. The van der Waals surface area contributed by atoms with Crippen LogP contribution in [-0.2, 0) is 0 Å². The zero-order valence-corrected chi connectivity index (χ0v) is 10.7. The Morgan fingerprint density at radius 2 is 2.28 bits per heavy atom. The van der Waals surface area contributed by atoms with Crippen LogP contribution in [0.5, 0.6) is 0 Å². The summed E-state index contributed by atoms with van der Waals surface area (Å²) in [6.45, 7) is 7.85. The molecule has 18 heavy (non-hydrogen) atoms. The molecule has 1 atom stereocenters. The van der Waals surface area contributed by atoms with Gasteiger partial charge in [0.2, 0.25) is 0 Å². The Labute approximate surface area is 108 Å². The molecule has 1 unspecified atom stereocenters. The summed E-state index contributed by atoms with van der Waals surface area (Å²) in [5, 5.41) is 0. The number of rotatable bonds is 4. The Balaban J connectivity index is 2.22. The van der Waals surface area contributed by atoms with E-state index < -0.39 is 0 Å². The van der Waals surface area contributed by atoms with E-state index >= 15 is 0 Å². The van der Waals surface area contributed by atoms with Crippen molar-refractivity contribution >= 4 is 5.57 Å². The van der Waals surface area contributed by atoms with Gasteiger partial charge in [-0.2, -0.15) is 0 Å². The fraction of sp³-hybridized carbons (Fsp3) is 0.200. The molecule has 0 aliphatic heterocycles. The minimum absolute atomic E-state index is 0.248. The van der Waals surface area contributed by atoms with Gasteiger partial charge in [0.25, 0.3) is 0 Å². The van der Waals surface area contributed by atoms with Gasteiger partial charge in [0.15, 0.2) is 0 Å². The van der Waals surface area contributed by atoms with E-state index in [0.29, 0.717) is 0 Å². The van der Waals surface area contributed by atoms with E-state index in [9.17, 15) is 0 Å². The SMILES string of the molecule is C=CC=C(C)c1ccc(C(C)n2ccnc2)cn1. The number of pyridine rings is 1. The average Bonchev–Trinajstić information content (AvgIpc) is 2.92. The third-order valence-electron chi connectivity index (χ3n) is 3.01. The molecule has 0 fully saturated rings. The van der Waals surface area contributed by atoms with E-state index in [1.165, 1.54) is 5.56 Å². The fourth-order valence-corrected chi connectivity index (χ4v) is 1.82. The first-order valence-electron chi connectivity index (χ1n) is 5.95. The first-order chi connectivity index (χ1) is 8.72. The lowest BCUT2D eigenvalue weighted by molar-refractivity contribution is 0.636. The molecule has 0 aliphatic rings. The van der Waals surface area contributed by atoms with Crippen LogP contribution >= 0.6 is 0 Å². The van der Waals surface area contributed by atoms with Crippen LogP contribution in [0.4, 0.5) is 0 Å². The summed E-state index contributed by atoms with van der Waals surface area (Å²) >= 11 is 0. The maximum atomic E-state index is 4.48. The lowest BCUT2D eigenvalue weighted by Gasteiger charge is -2.13. The Morgan fingerprint density at radius 1 is 1.44 bits per heavy atom. The van der Waals surface area contributed by atoms with Gasteiger partial charge in [-0.05, 0) is 31.1 Å². The van der Waals surface area contributed by atoms with Crippen LogP contribution in [0.2, 0.25) is 0 Å². The number of hydrogen-bond donors (Lipinski definition) is 0. The van der Waals surface area contributed by atoms with Gasteiger partial charge >= 0.3 is 0 Å². The molecule has 0 N–H and O–H groups in total. The summed E-state index contributed by atoms with van der Waals surface area (Å²) in [4.78, 5) is 8.54. The third-order valence-corrected chi connectivity index (χ3v) is 3.01. The van der Waals surface area contributed by atoms with Gasteiger partial charge in [0.1, 0.15) is 0 Å². The van der Waals surface area contributed by atoms with Crippen molar-refractivity contribution in [3.05, 3.63) is 67.0 Å². The van der Waals surface area contributed by atoms with Crippen molar-refractivity contribution in [2.24, 2.45) is 0 Å². The Kier molecular flexibility index (Phi) is 3.72. The number of allylic oxidation sites excluding steroid dienone is 3. The van der Waals surface area contributed by atoms with E-state index in [4.69, 9.17) is 0 Å². The smallest absolute Gasteiger partial charge is 0.0951 e. The van der Waals surface area contributed by atoms with E-state index in [2.05, 4.69) is 34.1 Å². The van der Waals surface area contributed by atoms with Gasteiger partial charge in [-0.25, -0.2) is 4.98 Å². The second kappa shape index (κ2) is 5.45. The predicted molar refractivity (Wildman–Crippen MR) is 74.1 cm³/mol. The summed E-state index contributed by atoms with van der Waals surface area (Å²) in [6.07, 6.45) is 11.2. The Morgan fingerprint density at radius 3 is 2.83 bits per heavy atom. The summed E-state index contributed by atoms with van der Waals surface area (Å²) in [5.41, 5.74) is 3.27. The molecule has 0 saturated heterocycles. The van der Waals surface area contributed by atoms with Crippen molar-refractivity contribution in [3.63, 3.8) is 0 Å². The molecular weight excluding hydrogens is 222 g/mol. The highest BCUT2D eigenvalue weighted by Gasteiger charge is 2.07. The molecule has 0 amide bonds. The Bertz CT molecular complexity index is 536. The van der Waals surface area contributed by atoms with Crippen molar-refractivity contribution in [2.75, 3.05) is 0 Å². The topological polar surface area (TPSA) is 30.7 Å². The monoisotopic (exact) mass is 239 g/mol. The highest BCUT2D eigenvalue weighted by molar-refractivity contribution is 5.61. The lowest BCUT2D eigenvalue weighted by atomic mass is 10.1. The molecule has 92 valence electrons. The normalized spacial score (nSPS) is 13.3. The first-order valence-corrected chi connectivity index (χ1v) is 5.95. The van der Waals surface area contributed by atoms with Gasteiger partial charge in [0.05, 0.1) is 18.1 Å². The maximum Gasteiger partial charge on any atom is 0.0951 e. The van der Waals surface area contributed by atoms with Crippen LogP contribution in [0.3, 0.4) is 0 Å². The molecule has 3 heteroatoms. The van der Waals surface area contributed by atoms with Gasteiger partial charge in [-0.3, -0.25) is 4.98 Å². The van der Waals surface area contributed by atoms with Crippen LogP contribution in [-0.4, -0.2) is 14.5 Å². The average molecular weight is 239 g/mol. The van der Waals surface area contributed by atoms with Crippen LogP contribution in [0, 0.1) is 0 Å². The van der Waals surface area contributed by atoms with Crippen LogP contribution in [0.1, 0.15) is 31.1 Å². The zero-order valence-electron chi connectivity index (χ0n) is 10.7. The van der Waals surface area contributed by atoms with Crippen LogP contribution < -0.4 is 0 Å². The van der Waals surface area contributed by atoms with Gasteiger partial charge in [0, 0.05) is 18.6 Å². The molecule has 3 nitrogen and oxygen atoms in total. The molecule has 0 aliphatic carbocycles. The number of imidazole rings is 1. The molecule has 2 heterocycles. The lowest BCUT2D eigenvalue weighted by Crippen LogP contribution is -2.04. The van der Waals surface area contributed by atoms with E-state index in [1.807, 2.05) is 37.8 Å².